The number of hydrogen-bond acceptors (Lipinski definition) is 5. The van der Waals surface area contributed by atoms with Crippen LogP contribution in [0.1, 0.15) is 24.8 Å². The molecule has 4 rings (SSSR count). The molecule has 0 atom stereocenters. The summed E-state index contributed by atoms with van der Waals surface area (Å²) in [5.74, 6) is -0.808. The van der Waals surface area contributed by atoms with E-state index in [9.17, 15) is 26.4 Å². The second kappa shape index (κ2) is 9.79. The average Bonchev–Trinajstić information content (AvgIpc) is 3.13. The maximum absolute atomic E-state index is 13.4. The van der Waals surface area contributed by atoms with Gasteiger partial charge in [-0.15, -0.1) is 13.2 Å². The summed E-state index contributed by atoms with van der Waals surface area (Å²) in [5.41, 5.74) is 1.22. The standard InChI is InChI=1S/C24H27F3N2O5S/c1-33-17-10-18-6-8-19(9-7-18)29-16-13-23(22(29)30)11-14-28(15-12-23)35(31,32)21-5-3-2-4-20(21)34-24(25,26)27/h2-9H,10-17H2,1H3. The van der Waals surface area contributed by atoms with Crippen LogP contribution < -0.4 is 9.64 Å². The van der Waals surface area contributed by atoms with Crippen molar-refractivity contribution in [2.75, 3.05) is 38.3 Å². The third kappa shape index (κ3) is 5.31. The van der Waals surface area contributed by atoms with E-state index >= 15 is 0 Å². The van der Waals surface area contributed by atoms with Gasteiger partial charge < -0.3 is 14.4 Å². The van der Waals surface area contributed by atoms with Crippen molar-refractivity contribution < 1.29 is 35.9 Å². The number of carbonyl (C=O) groups excluding carboxylic acids is 1. The van der Waals surface area contributed by atoms with Crippen LogP contribution in [0.5, 0.6) is 5.75 Å². The molecule has 0 bridgehead atoms. The first-order valence-electron chi connectivity index (χ1n) is 11.3. The highest BCUT2D eigenvalue weighted by molar-refractivity contribution is 7.89. The molecule has 1 spiro atoms. The highest BCUT2D eigenvalue weighted by atomic mass is 32.2. The van der Waals surface area contributed by atoms with Gasteiger partial charge in [0.05, 0.1) is 12.0 Å². The normalized spacial score (nSPS) is 18.9. The van der Waals surface area contributed by atoms with E-state index in [4.69, 9.17) is 4.74 Å². The van der Waals surface area contributed by atoms with Crippen LogP contribution in [0.4, 0.5) is 18.9 Å². The molecule has 190 valence electrons. The van der Waals surface area contributed by atoms with E-state index in [1.807, 2.05) is 24.3 Å². The predicted octanol–water partition coefficient (Wildman–Crippen LogP) is 3.98. The Kier molecular flexibility index (Phi) is 7.12. The monoisotopic (exact) mass is 512 g/mol. The second-order valence-electron chi connectivity index (χ2n) is 8.79. The number of carbonyl (C=O) groups is 1. The summed E-state index contributed by atoms with van der Waals surface area (Å²) in [4.78, 5) is 14.6. The van der Waals surface area contributed by atoms with E-state index in [0.717, 1.165) is 34.1 Å². The molecule has 2 fully saturated rings. The summed E-state index contributed by atoms with van der Waals surface area (Å²) in [5, 5.41) is 0. The molecule has 0 radical (unpaired) electrons. The molecule has 7 nitrogen and oxygen atoms in total. The van der Waals surface area contributed by atoms with Crippen molar-refractivity contribution in [3.63, 3.8) is 0 Å². The maximum atomic E-state index is 13.4. The van der Waals surface area contributed by atoms with E-state index < -0.39 is 32.4 Å². The Morgan fingerprint density at radius 1 is 0.971 bits per heavy atom. The number of anilines is 1. The molecule has 35 heavy (non-hydrogen) atoms. The fourth-order valence-electron chi connectivity index (χ4n) is 4.76. The van der Waals surface area contributed by atoms with Crippen molar-refractivity contribution in [2.45, 2.75) is 36.9 Å². The minimum Gasteiger partial charge on any atom is -0.404 e. The Hall–Kier alpha value is -2.63. The molecule has 0 aliphatic carbocycles. The van der Waals surface area contributed by atoms with Crippen LogP contribution in [0.15, 0.2) is 53.4 Å². The van der Waals surface area contributed by atoms with Crippen LogP contribution in [0.2, 0.25) is 0 Å². The Morgan fingerprint density at radius 3 is 2.23 bits per heavy atom. The third-order valence-corrected chi connectivity index (χ3v) is 8.67. The molecule has 0 unspecified atom stereocenters. The Bertz CT molecular complexity index is 1160. The molecule has 2 aliphatic heterocycles. The van der Waals surface area contributed by atoms with E-state index in [2.05, 4.69) is 4.74 Å². The van der Waals surface area contributed by atoms with Gasteiger partial charge in [0, 0.05) is 32.4 Å². The number of hydrogen-bond donors (Lipinski definition) is 0. The zero-order chi connectivity index (χ0) is 25.3. The number of para-hydroxylation sites is 1. The molecule has 2 aliphatic rings. The van der Waals surface area contributed by atoms with Crippen molar-refractivity contribution in [3.8, 4) is 5.75 Å². The summed E-state index contributed by atoms with van der Waals surface area (Å²) in [6.45, 7) is 1.22. The second-order valence-corrected chi connectivity index (χ2v) is 10.7. The molecule has 2 saturated heterocycles. The van der Waals surface area contributed by atoms with Gasteiger partial charge in [-0.25, -0.2) is 8.42 Å². The zero-order valence-corrected chi connectivity index (χ0v) is 20.1. The van der Waals surface area contributed by atoms with Crippen LogP contribution in [-0.4, -0.2) is 58.3 Å². The number of piperidine rings is 1. The van der Waals surface area contributed by atoms with E-state index in [1.165, 1.54) is 12.1 Å². The summed E-state index contributed by atoms with van der Waals surface area (Å²) in [6, 6.07) is 12.4. The highest BCUT2D eigenvalue weighted by Crippen LogP contribution is 2.44. The van der Waals surface area contributed by atoms with E-state index in [1.54, 1.807) is 12.0 Å². The van der Waals surface area contributed by atoms with Gasteiger partial charge in [0.15, 0.2) is 0 Å². The molecule has 2 aromatic rings. The molecule has 0 N–H and O–H groups in total. The molecule has 2 aromatic carbocycles. The van der Waals surface area contributed by atoms with Crippen molar-refractivity contribution in [3.05, 3.63) is 54.1 Å². The van der Waals surface area contributed by atoms with Crippen LogP contribution in [0.3, 0.4) is 0 Å². The van der Waals surface area contributed by atoms with Gasteiger partial charge in [0.2, 0.25) is 15.9 Å². The Labute approximate surface area is 202 Å². The number of methoxy groups -OCH3 is 1. The Balaban J connectivity index is 1.45. The molecular weight excluding hydrogens is 485 g/mol. The minimum absolute atomic E-state index is 0.0399. The van der Waals surface area contributed by atoms with Gasteiger partial charge in [-0.2, -0.15) is 4.31 Å². The first kappa shape index (κ1) is 25.5. The topological polar surface area (TPSA) is 76.2 Å². The van der Waals surface area contributed by atoms with Crippen molar-refractivity contribution >= 4 is 21.6 Å². The summed E-state index contributed by atoms with van der Waals surface area (Å²) >= 11 is 0. The number of ether oxygens (including phenoxy) is 2. The molecule has 0 saturated carbocycles. The van der Waals surface area contributed by atoms with Crippen LogP contribution in [-0.2, 0) is 26.0 Å². The maximum Gasteiger partial charge on any atom is 0.573 e. The van der Waals surface area contributed by atoms with Crippen molar-refractivity contribution in [1.29, 1.82) is 0 Å². The molecule has 2 heterocycles. The van der Waals surface area contributed by atoms with E-state index in [-0.39, 0.29) is 19.0 Å². The molecular formula is C24H27F3N2O5S. The lowest BCUT2D eigenvalue weighted by Gasteiger charge is -2.37. The first-order valence-corrected chi connectivity index (χ1v) is 12.7. The highest BCUT2D eigenvalue weighted by Gasteiger charge is 2.50. The number of amides is 1. The van der Waals surface area contributed by atoms with Crippen LogP contribution in [0.25, 0.3) is 0 Å². The summed E-state index contributed by atoms with van der Waals surface area (Å²) in [7, 11) is -2.59. The number of sulfonamides is 1. The third-order valence-electron chi connectivity index (χ3n) is 6.73. The van der Waals surface area contributed by atoms with Gasteiger partial charge in [-0.1, -0.05) is 24.3 Å². The van der Waals surface area contributed by atoms with E-state index in [0.29, 0.717) is 32.4 Å². The smallest absolute Gasteiger partial charge is 0.404 e. The number of alkyl halides is 3. The summed E-state index contributed by atoms with van der Waals surface area (Å²) in [6.07, 6.45) is -3.04. The average molecular weight is 513 g/mol. The van der Waals surface area contributed by atoms with Crippen LogP contribution >= 0.6 is 0 Å². The number of benzene rings is 2. The lowest BCUT2D eigenvalue weighted by atomic mass is 9.77. The zero-order valence-electron chi connectivity index (χ0n) is 19.3. The van der Waals surface area contributed by atoms with Gasteiger partial charge >= 0.3 is 6.36 Å². The fourth-order valence-corrected chi connectivity index (χ4v) is 6.32. The predicted molar refractivity (Wildman–Crippen MR) is 123 cm³/mol. The van der Waals surface area contributed by atoms with Gasteiger partial charge in [0.1, 0.15) is 10.6 Å². The van der Waals surface area contributed by atoms with Gasteiger partial charge in [-0.3, -0.25) is 4.79 Å². The van der Waals surface area contributed by atoms with Crippen molar-refractivity contribution in [2.24, 2.45) is 5.41 Å². The fraction of sp³-hybridized carbons (Fsp3) is 0.458. The SMILES string of the molecule is COCCc1ccc(N2CCC3(CCN(S(=O)(=O)c4ccccc4OC(F)(F)F)CC3)C2=O)cc1. The van der Waals surface area contributed by atoms with Crippen molar-refractivity contribution in [1.82, 2.24) is 4.31 Å². The number of nitrogens with zero attached hydrogens (tertiary/aromatic N) is 2. The lowest BCUT2D eigenvalue weighted by Crippen LogP contribution is -2.46. The first-order chi connectivity index (χ1) is 16.6. The molecule has 1 amide bonds. The largest absolute Gasteiger partial charge is 0.573 e. The molecule has 11 heteroatoms. The van der Waals surface area contributed by atoms with Gasteiger partial charge in [-0.05, 0) is 55.5 Å². The lowest BCUT2D eigenvalue weighted by molar-refractivity contribution is -0.275. The number of rotatable bonds is 7. The van der Waals surface area contributed by atoms with Gasteiger partial charge in [0.25, 0.3) is 0 Å². The van der Waals surface area contributed by atoms with Crippen LogP contribution in [0, 0.1) is 5.41 Å². The molecule has 0 aromatic heterocycles. The minimum atomic E-state index is -5.01. The number of halogens is 3. The quantitative estimate of drug-likeness (QED) is 0.561. The Morgan fingerprint density at radius 2 is 1.60 bits per heavy atom. The summed E-state index contributed by atoms with van der Waals surface area (Å²) < 4.78 is 74.8.